The van der Waals surface area contributed by atoms with Gasteiger partial charge in [-0.2, -0.15) is 4.98 Å². The van der Waals surface area contributed by atoms with E-state index in [1.807, 2.05) is 31.2 Å². The highest BCUT2D eigenvalue weighted by molar-refractivity contribution is 7.80. The van der Waals surface area contributed by atoms with Crippen molar-refractivity contribution in [3.05, 3.63) is 47.7 Å². The molecule has 3 rings (SSSR count). The number of hydrogen-bond donors (Lipinski definition) is 2. The Morgan fingerprint density at radius 3 is 2.58 bits per heavy atom. The number of thiocarbonyl (C=S) groups is 1. The Hall–Kier alpha value is -2.21. The molecule has 2 heterocycles. The molecule has 1 aromatic heterocycles. The topological polar surface area (TPSA) is 53.1 Å². The largest absolute Gasteiger partial charge is 0.356 e. The van der Waals surface area contributed by atoms with Gasteiger partial charge in [-0.05, 0) is 50.4 Å². The number of piperidine rings is 1. The average molecular weight is 370 g/mol. The molecule has 0 spiro atoms. The summed E-state index contributed by atoms with van der Waals surface area (Å²) in [7, 11) is 0. The fourth-order valence-corrected chi connectivity index (χ4v) is 3.43. The Kier molecular flexibility index (Phi) is 6.04. The third-order valence-corrected chi connectivity index (χ3v) is 5.04. The van der Waals surface area contributed by atoms with Crippen LogP contribution in [-0.4, -0.2) is 28.2 Å². The number of hydrogen-bond acceptors (Lipinski definition) is 4. The van der Waals surface area contributed by atoms with E-state index < -0.39 is 0 Å². The highest BCUT2D eigenvalue weighted by atomic mass is 32.1. The number of benzene rings is 1. The lowest BCUT2D eigenvalue weighted by Gasteiger charge is -2.31. The SMILES string of the molecule is Cc1cc(N2CCC(C)CC2)nc(NC(=S)NC(C)c2ccccc2)n1. The number of nitrogens with zero attached hydrogens (tertiary/aromatic N) is 3. The number of aryl methyl sites for hydroxylation is 1. The predicted molar refractivity (Wildman–Crippen MR) is 112 cm³/mol. The molecule has 1 aliphatic heterocycles. The van der Waals surface area contributed by atoms with Crippen LogP contribution in [0.3, 0.4) is 0 Å². The van der Waals surface area contributed by atoms with Crippen LogP contribution in [0.4, 0.5) is 11.8 Å². The molecule has 1 saturated heterocycles. The smallest absolute Gasteiger partial charge is 0.231 e. The molecule has 1 atom stereocenters. The van der Waals surface area contributed by atoms with Crippen LogP contribution in [0.15, 0.2) is 36.4 Å². The zero-order chi connectivity index (χ0) is 18.5. The fourth-order valence-electron chi connectivity index (χ4n) is 3.17. The molecule has 0 bridgehead atoms. The average Bonchev–Trinajstić information content (AvgIpc) is 2.62. The van der Waals surface area contributed by atoms with Crippen molar-refractivity contribution in [1.82, 2.24) is 15.3 Å². The van der Waals surface area contributed by atoms with Gasteiger partial charge in [-0.1, -0.05) is 37.3 Å². The summed E-state index contributed by atoms with van der Waals surface area (Å²) in [4.78, 5) is 11.5. The Balaban J connectivity index is 1.64. The molecule has 1 aliphatic rings. The van der Waals surface area contributed by atoms with Crippen molar-refractivity contribution < 1.29 is 0 Å². The van der Waals surface area contributed by atoms with Crippen molar-refractivity contribution >= 4 is 29.1 Å². The van der Waals surface area contributed by atoms with Gasteiger partial charge in [-0.25, -0.2) is 4.98 Å². The second-order valence-electron chi connectivity index (χ2n) is 7.09. The lowest BCUT2D eigenvalue weighted by molar-refractivity contribution is 0.436. The van der Waals surface area contributed by atoms with E-state index in [0.717, 1.165) is 30.5 Å². The second kappa shape index (κ2) is 8.45. The molecule has 0 saturated carbocycles. The van der Waals surface area contributed by atoms with Crippen LogP contribution in [-0.2, 0) is 0 Å². The summed E-state index contributed by atoms with van der Waals surface area (Å²) < 4.78 is 0. The highest BCUT2D eigenvalue weighted by Crippen LogP contribution is 2.22. The van der Waals surface area contributed by atoms with Gasteiger partial charge in [0.2, 0.25) is 5.95 Å². The van der Waals surface area contributed by atoms with E-state index in [1.54, 1.807) is 0 Å². The Labute approximate surface area is 161 Å². The van der Waals surface area contributed by atoms with Gasteiger partial charge in [0, 0.05) is 24.8 Å². The molecule has 1 aromatic carbocycles. The van der Waals surface area contributed by atoms with E-state index in [-0.39, 0.29) is 6.04 Å². The van der Waals surface area contributed by atoms with E-state index in [1.165, 1.54) is 18.4 Å². The lowest BCUT2D eigenvalue weighted by atomic mass is 9.99. The molecular formula is C20H27N5S. The molecule has 5 nitrogen and oxygen atoms in total. The van der Waals surface area contributed by atoms with Crippen molar-refractivity contribution in [3.8, 4) is 0 Å². The summed E-state index contributed by atoms with van der Waals surface area (Å²) in [5, 5.41) is 6.97. The maximum Gasteiger partial charge on any atom is 0.231 e. The lowest BCUT2D eigenvalue weighted by Crippen LogP contribution is -2.34. The molecule has 138 valence electrons. The molecule has 0 amide bonds. The van der Waals surface area contributed by atoms with E-state index in [0.29, 0.717) is 11.1 Å². The standard InChI is InChI=1S/C20H27N5S/c1-14-9-11-25(12-10-14)18-13-15(2)21-19(23-18)24-20(26)22-16(3)17-7-5-4-6-8-17/h4-8,13-14,16H,9-12H2,1-3H3,(H2,21,22,23,24,26). The summed E-state index contributed by atoms with van der Waals surface area (Å²) >= 11 is 5.45. The summed E-state index contributed by atoms with van der Waals surface area (Å²) in [5.74, 6) is 2.32. The van der Waals surface area contributed by atoms with Crippen LogP contribution in [0.5, 0.6) is 0 Å². The summed E-state index contributed by atoms with van der Waals surface area (Å²) in [5.41, 5.74) is 2.12. The van der Waals surface area contributed by atoms with Crippen molar-refractivity contribution in [2.75, 3.05) is 23.3 Å². The van der Waals surface area contributed by atoms with Gasteiger partial charge in [0.15, 0.2) is 5.11 Å². The first kappa shape index (κ1) is 18.6. The van der Waals surface area contributed by atoms with Crippen LogP contribution >= 0.6 is 12.2 Å². The van der Waals surface area contributed by atoms with Gasteiger partial charge < -0.3 is 15.5 Å². The first-order chi connectivity index (χ1) is 12.5. The Morgan fingerprint density at radius 1 is 1.19 bits per heavy atom. The number of rotatable bonds is 4. The molecule has 2 N–H and O–H groups in total. The predicted octanol–water partition coefficient (Wildman–Crippen LogP) is 4.07. The van der Waals surface area contributed by atoms with Crippen LogP contribution in [0, 0.1) is 12.8 Å². The number of aromatic nitrogens is 2. The maximum atomic E-state index is 5.45. The van der Waals surface area contributed by atoms with Crippen LogP contribution in [0.2, 0.25) is 0 Å². The first-order valence-electron chi connectivity index (χ1n) is 9.24. The number of anilines is 2. The fraction of sp³-hybridized carbons (Fsp3) is 0.450. The van der Waals surface area contributed by atoms with Crippen LogP contribution in [0.1, 0.15) is 44.0 Å². The van der Waals surface area contributed by atoms with Gasteiger partial charge in [0.1, 0.15) is 5.82 Å². The zero-order valence-electron chi connectivity index (χ0n) is 15.7. The Bertz CT molecular complexity index is 741. The molecule has 6 heteroatoms. The monoisotopic (exact) mass is 369 g/mol. The van der Waals surface area contributed by atoms with E-state index >= 15 is 0 Å². The molecule has 0 radical (unpaired) electrons. The Morgan fingerprint density at radius 2 is 1.88 bits per heavy atom. The first-order valence-corrected chi connectivity index (χ1v) is 9.65. The van der Waals surface area contributed by atoms with Gasteiger partial charge in [0.25, 0.3) is 0 Å². The summed E-state index contributed by atoms with van der Waals surface area (Å²) in [6.45, 7) is 8.48. The molecule has 26 heavy (non-hydrogen) atoms. The van der Waals surface area contributed by atoms with Crippen molar-refractivity contribution in [2.45, 2.75) is 39.7 Å². The minimum atomic E-state index is 0.115. The van der Waals surface area contributed by atoms with Crippen molar-refractivity contribution in [1.29, 1.82) is 0 Å². The number of nitrogens with one attached hydrogen (secondary N) is 2. The van der Waals surface area contributed by atoms with Gasteiger partial charge >= 0.3 is 0 Å². The van der Waals surface area contributed by atoms with Gasteiger partial charge in [-0.3, -0.25) is 0 Å². The molecule has 2 aromatic rings. The van der Waals surface area contributed by atoms with Crippen molar-refractivity contribution in [2.24, 2.45) is 5.92 Å². The van der Waals surface area contributed by atoms with Crippen LogP contribution < -0.4 is 15.5 Å². The summed E-state index contributed by atoms with van der Waals surface area (Å²) in [6.07, 6.45) is 2.42. The van der Waals surface area contributed by atoms with Gasteiger partial charge in [0.05, 0.1) is 6.04 Å². The summed E-state index contributed by atoms with van der Waals surface area (Å²) in [6, 6.07) is 12.4. The molecule has 1 fully saturated rings. The minimum absolute atomic E-state index is 0.115. The van der Waals surface area contributed by atoms with Gasteiger partial charge in [-0.15, -0.1) is 0 Å². The van der Waals surface area contributed by atoms with E-state index in [2.05, 4.69) is 51.5 Å². The second-order valence-corrected chi connectivity index (χ2v) is 7.50. The highest BCUT2D eigenvalue weighted by Gasteiger charge is 2.18. The third-order valence-electron chi connectivity index (χ3n) is 4.82. The molecule has 0 aliphatic carbocycles. The normalized spacial score (nSPS) is 16.2. The van der Waals surface area contributed by atoms with E-state index in [4.69, 9.17) is 12.2 Å². The molecular weight excluding hydrogens is 342 g/mol. The third kappa shape index (κ3) is 4.91. The van der Waals surface area contributed by atoms with E-state index in [9.17, 15) is 0 Å². The zero-order valence-corrected chi connectivity index (χ0v) is 16.5. The maximum absolute atomic E-state index is 5.45. The van der Waals surface area contributed by atoms with Crippen molar-refractivity contribution in [3.63, 3.8) is 0 Å². The minimum Gasteiger partial charge on any atom is -0.356 e. The molecule has 1 unspecified atom stereocenters. The quantitative estimate of drug-likeness (QED) is 0.793. The van der Waals surface area contributed by atoms with Crippen LogP contribution in [0.25, 0.3) is 0 Å².